The molecular weight excluding hydrogens is 358 g/mol. The van der Waals surface area contributed by atoms with Crippen molar-refractivity contribution in [2.45, 2.75) is 53.1 Å². The zero-order valence-corrected chi connectivity index (χ0v) is 17.0. The third kappa shape index (κ3) is 4.11. The third-order valence-electron chi connectivity index (χ3n) is 5.00. The molecule has 142 valence electrons. The molecule has 0 radical (unpaired) electrons. The van der Waals surface area contributed by atoms with Crippen molar-refractivity contribution in [2.24, 2.45) is 0 Å². The van der Waals surface area contributed by atoms with E-state index in [4.69, 9.17) is 0 Å². The number of aromatic nitrogens is 2. The average Bonchev–Trinajstić information content (AvgIpc) is 2.96. The van der Waals surface area contributed by atoms with E-state index < -0.39 is 0 Å². The SMILES string of the molecule is CCc1ccc([C@@H](C)NC(=O)CCn2cnc3sc(C)c(C)c3c2=O)cc1. The summed E-state index contributed by atoms with van der Waals surface area (Å²) in [5.41, 5.74) is 3.26. The first-order valence-corrected chi connectivity index (χ1v) is 10.1. The lowest BCUT2D eigenvalue weighted by molar-refractivity contribution is -0.121. The van der Waals surface area contributed by atoms with Gasteiger partial charge in [-0.05, 0) is 43.9 Å². The van der Waals surface area contributed by atoms with Gasteiger partial charge in [0.05, 0.1) is 17.8 Å². The van der Waals surface area contributed by atoms with Crippen LogP contribution in [-0.2, 0) is 17.8 Å². The number of nitrogens with zero attached hydrogens (tertiary/aromatic N) is 2. The number of nitrogens with one attached hydrogen (secondary N) is 1. The van der Waals surface area contributed by atoms with Crippen LogP contribution < -0.4 is 10.9 Å². The van der Waals surface area contributed by atoms with E-state index in [0.717, 1.165) is 27.3 Å². The van der Waals surface area contributed by atoms with E-state index in [1.165, 1.54) is 21.5 Å². The monoisotopic (exact) mass is 383 g/mol. The number of thiophene rings is 1. The number of hydrogen-bond donors (Lipinski definition) is 1. The summed E-state index contributed by atoms with van der Waals surface area (Å²) in [6.07, 6.45) is 2.78. The molecule has 1 aromatic carbocycles. The van der Waals surface area contributed by atoms with Gasteiger partial charge >= 0.3 is 0 Å². The van der Waals surface area contributed by atoms with Crippen LogP contribution in [0.15, 0.2) is 35.4 Å². The van der Waals surface area contributed by atoms with E-state index in [9.17, 15) is 9.59 Å². The van der Waals surface area contributed by atoms with Crippen molar-refractivity contribution in [3.63, 3.8) is 0 Å². The second-order valence-electron chi connectivity index (χ2n) is 6.84. The minimum atomic E-state index is -0.0766. The standard InChI is InChI=1S/C21H25N3O2S/c1-5-16-6-8-17(9-7-16)14(3)23-18(25)10-11-24-12-22-20-19(21(24)26)13(2)15(4)27-20/h6-9,12,14H,5,10-11H2,1-4H3,(H,23,25)/t14-/m1/s1. The summed E-state index contributed by atoms with van der Waals surface area (Å²) < 4.78 is 1.53. The molecule has 6 heteroatoms. The number of carbonyl (C=O) groups excluding carboxylic acids is 1. The van der Waals surface area contributed by atoms with Gasteiger partial charge < -0.3 is 5.32 Å². The van der Waals surface area contributed by atoms with Crippen LogP contribution in [0.25, 0.3) is 10.2 Å². The van der Waals surface area contributed by atoms with Gasteiger partial charge in [0, 0.05) is 17.8 Å². The fraction of sp³-hybridized carbons (Fsp3) is 0.381. The lowest BCUT2D eigenvalue weighted by Crippen LogP contribution is -2.29. The molecule has 5 nitrogen and oxygen atoms in total. The van der Waals surface area contributed by atoms with Crippen LogP contribution in [0.5, 0.6) is 0 Å². The molecule has 0 unspecified atom stereocenters. The highest BCUT2D eigenvalue weighted by atomic mass is 32.1. The highest BCUT2D eigenvalue weighted by molar-refractivity contribution is 7.18. The van der Waals surface area contributed by atoms with Crippen molar-refractivity contribution < 1.29 is 4.79 Å². The highest BCUT2D eigenvalue weighted by Gasteiger charge is 2.14. The largest absolute Gasteiger partial charge is 0.350 e. The predicted octanol–water partition coefficient (Wildman–Crippen LogP) is 3.90. The summed E-state index contributed by atoms with van der Waals surface area (Å²) in [5.74, 6) is -0.0766. The molecule has 0 aliphatic heterocycles. The summed E-state index contributed by atoms with van der Waals surface area (Å²) in [5, 5.41) is 3.67. The first-order valence-electron chi connectivity index (χ1n) is 9.24. The van der Waals surface area contributed by atoms with E-state index in [-0.39, 0.29) is 23.9 Å². The summed E-state index contributed by atoms with van der Waals surface area (Å²) in [4.78, 5) is 31.2. The minimum absolute atomic E-state index is 0.0671. The second-order valence-corrected chi connectivity index (χ2v) is 8.04. The Kier molecular flexibility index (Phi) is 5.75. The Morgan fingerprint density at radius 2 is 1.96 bits per heavy atom. The Balaban J connectivity index is 1.65. The second kappa shape index (κ2) is 8.05. The van der Waals surface area contributed by atoms with Gasteiger partial charge in [0.25, 0.3) is 5.56 Å². The molecule has 0 aliphatic carbocycles. The number of carbonyl (C=O) groups is 1. The number of aryl methyl sites for hydroxylation is 4. The molecular formula is C21H25N3O2S. The fourth-order valence-electron chi connectivity index (χ4n) is 3.09. The number of fused-ring (bicyclic) bond motifs is 1. The van der Waals surface area contributed by atoms with Gasteiger partial charge in [-0.2, -0.15) is 0 Å². The molecule has 0 bridgehead atoms. The van der Waals surface area contributed by atoms with Crippen molar-refractivity contribution in [1.29, 1.82) is 0 Å². The van der Waals surface area contributed by atoms with Crippen LogP contribution in [0.4, 0.5) is 0 Å². The Labute approximate surface area is 163 Å². The van der Waals surface area contributed by atoms with Crippen molar-refractivity contribution in [2.75, 3.05) is 0 Å². The minimum Gasteiger partial charge on any atom is -0.350 e. The average molecular weight is 384 g/mol. The number of hydrogen-bond acceptors (Lipinski definition) is 4. The smallest absolute Gasteiger partial charge is 0.262 e. The van der Waals surface area contributed by atoms with Gasteiger partial charge in [0.1, 0.15) is 4.83 Å². The molecule has 0 fully saturated rings. The van der Waals surface area contributed by atoms with E-state index in [0.29, 0.717) is 11.9 Å². The predicted molar refractivity (Wildman–Crippen MR) is 110 cm³/mol. The van der Waals surface area contributed by atoms with E-state index in [1.807, 2.05) is 32.9 Å². The van der Waals surface area contributed by atoms with Gasteiger partial charge in [-0.25, -0.2) is 4.98 Å². The Bertz CT molecular complexity index is 1020. The summed E-state index contributed by atoms with van der Waals surface area (Å²) in [6, 6.07) is 8.21. The Morgan fingerprint density at radius 3 is 2.63 bits per heavy atom. The molecule has 3 rings (SSSR count). The normalized spacial score (nSPS) is 12.3. The summed E-state index contributed by atoms with van der Waals surface area (Å²) in [7, 11) is 0. The van der Waals surface area contributed by atoms with Crippen LogP contribution in [-0.4, -0.2) is 15.5 Å². The third-order valence-corrected chi connectivity index (χ3v) is 6.12. The molecule has 3 aromatic rings. The molecule has 1 atom stereocenters. The molecule has 0 saturated carbocycles. The van der Waals surface area contributed by atoms with Crippen LogP contribution in [0.3, 0.4) is 0 Å². The first-order chi connectivity index (χ1) is 12.9. The van der Waals surface area contributed by atoms with E-state index in [1.54, 1.807) is 6.33 Å². The van der Waals surface area contributed by atoms with Gasteiger partial charge in [0.15, 0.2) is 0 Å². The number of rotatable bonds is 6. The molecule has 2 heterocycles. The van der Waals surface area contributed by atoms with Crippen molar-refractivity contribution in [1.82, 2.24) is 14.9 Å². The number of amides is 1. The van der Waals surface area contributed by atoms with Crippen molar-refractivity contribution in [3.05, 3.63) is 62.5 Å². The topological polar surface area (TPSA) is 64.0 Å². The maximum atomic E-state index is 12.7. The zero-order chi connectivity index (χ0) is 19.6. The van der Waals surface area contributed by atoms with Crippen LogP contribution >= 0.6 is 11.3 Å². The summed E-state index contributed by atoms with van der Waals surface area (Å²) in [6.45, 7) is 8.35. The lowest BCUT2D eigenvalue weighted by atomic mass is 10.0. The van der Waals surface area contributed by atoms with Crippen molar-refractivity contribution in [3.8, 4) is 0 Å². The Hall–Kier alpha value is -2.47. The number of benzene rings is 1. The van der Waals surface area contributed by atoms with E-state index >= 15 is 0 Å². The Morgan fingerprint density at radius 1 is 1.26 bits per heavy atom. The molecule has 0 aliphatic rings. The van der Waals surface area contributed by atoms with Crippen LogP contribution in [0.1, 0.15) is 47.9 Å². The molecule has 1 N–H and O–H groups in total. The van der Waals surface area contributed by atoms with Gasteiger partial charge in [0.2, 0.25) is 5.91 Å². The fourth-order valence-corrected chi connectivity index (χ4v) is 4.08. The van der Waals surface area contributed by atoms with Gasteiger partial charge in [-0.15, -0.1) is 11.3 Å². The van der Waals surface area contributed by atoms with Crippen LogP contribution in [0.2, 0.25) is 0 Å². The summed E-state index contributed by atoms with van der Waals surface area (Å²) >= 11 is 1.53. The molecule has 27 heavy (non-hydrogen) atoms. The van der Waals surface area contributed by atoms with Gasteiger partial charge in [-0.3, -0.25) is 14.2 Å². The maximum Gasteiger partial charge on any atom is 0.262 e. The zero-order valence-electron chi connectivity index (χ0n) is 16.2. The van der Waals surface area contributed by atoms with Crippen LogP contribution in [0, 0.1) is 13.8 Å². The quantitative estimate of drug-likeness (QED) is 0.702. The lowest BCUT2D eigenvalue weighted by Gasteiger charge is -2.15. The molecule has 0 spiro atoms. The van der Waals surface area contributed by atoms with Gasteiger partial charge in [-0.1, -0.05) is 31.2 Å². The molecule has 0 saturated heterocycles. The van der Waals surface area contributed by atoms with Crippen molar-refractivity contribution >= 4 is 27.5 Å². The van der Waals surface area contributed by atoms with E-state index in [2.05, 4.69) is 29.4 Å². The first kappa shape index (κ1) is 19.3. The molecule has 2 aromatic heterocycles. The maximum absolute atomic E-state index is 12.7. The molecule has 1 amide bonds. The highest BCUT2D eigenvalue weighted by Crippen LogP contribution is 2.25.